The molecule has 0 radical (unpaired) electrons. The molecule has 2 fully saturated rings. The highest BCUT2D eigenvalue weighted by Gasteiger charge is 2.33. The number of likely N-dealkylation sites (tertiary alicyclic amines) is 1. The molecule has 156 valence electrons. The Bertz CT molecular complexity index is 651. The van der Waals surface area contributed by atoms with Gasteiger partial charge in [0.1, 0.15) is 0 Å². The number of hydrogen-bond acceptors (Lipinski definition) is 4. The molecule has 6 heteroatoms. The molecule has 2 unspecified atom stereocenters. The predicted molar refractivity (Wildman–Crippen MR) is 115 cm³/mol. The average molecular weight is 388 g/mol. The first-order chi connectivity index (χ1) is 13.3. The summed E-state index contributed by atoms with van der Waals surface area (Å²) in [5, 5.41) is 3.06. The van der Waals surface area contributed by atoms with Crippen molar-refractivity contribution in [2.24, 2.45) is 5.41 Å². The molecular formula is C22H37N5O. The van der Waals surface area contributed by atoms with Crippen molar-refractivity contribution >= 4 is 11.7 Å². The summed E-state index contributed by atoms with van der Waals surface area (Å²) in [5.41, 5.74) is 9.05. The van der Waals surface area contributed by atoms with Crippen molar-refractivity contribution in [2.75, 3.05) is 32.0 Å². The summed E-state index contributed by atoms with van der Waals surface area (Å²) in [6, 6.07) is 8.88. The van der Waals surface area contributed by atoms with Crippen LogP contribution in [0.2, 0.25) is 0 Å². The Balaban J connectivity index is 1.49. The van der Waals surface area contributed by atoms with Crippen LogP contribution < -0.4 is 16.2 Å². The first-order valence-electron chi connectivity index (χ1n) is 10.7. The lowest BCUT2D eigenvalue weighted by atomic mass is 9.84. The standard InChI is InChI=1S/C22H37N5O/c1-22(2,3)20-14-19(24-25-20)16-26(4)21(28)23-18-10-8-9-17(13-18)15-27-11-6-5-7-12-27/h8-10,13,19-20,24-25H,5-7,11-12,14-16H2,1-4H3,(H,23,28). The van der Waals surface area contributed by atoms with Gasteiger partial charge in [-0.1, -0.05) is 39.3 Å². The van der Waals surface area contributed by atoms with E-state index in [1.165, 1.54) is 37.9 Å². The van der Waals surface area contributed by atoms with E-state index in [1.54, 1.807) is 4.90 Å². The highest BCUT2D eigenvalue weighted by atomic mass is 16.2. The van der Waals surface area contributed by atoms with Gasteiger partial charge in [0.15, 0.2) is 0 Å². The summed E-state index contributed by atoms with van der Waals surface area (Å²) in [5.74, 6) is 0. The molecule has 1 aromatic rings. The lowest BCUT2D eigenvalue weighted by molar-refractivity contribution is 0.217. The van der Waals surface area contributed by atoms with Crippen LogP contribution in [-0.4, -0.2) is 54.6 Å². The van der Waals surface area contributed by atoms with Gasteiger partial charge in [0.05, 0.1) is 0 Å². The quantitative estimate of drug-likeness (QED) is 0.725. The van der Waals surface area contributed by atoms with Gasteiger partial charge in [-0.15, -0.1) is 0 Å². The van der Waals surface area contributed by atoms with Gasteiger partial charge < -0.3 is 10.2 Å². The molecule has 0 bridgehead atoms. The van der Waals surface area contributed by atoms with Crippen LogP contribution in [0.1, 0.15) is 52.0 Å². The minimum Gasteiger partial charge on any atom is -0.326 e. The molecule has 0 spiro atoms. The molecule has 3 rings (SSSR count). The van der Waals surface area contributed by atoms with E-state index in [0.29, 0.717) is 12.6 Å². The lowest BCUT2D eigenvalue weighted by Crippen LogP contribution is -2.43. The number of nitrogens with zero attached hydrogens (tertiary/aromatic N) is 2. The minimum absolute atomic E-state index is 0.0591. The van der Waals surface area contributed by atoms with Crippen molar-refractivity contribution in [1.82, 2.24) is 20.7 Å². The number of nitrogens with one attached hydrogen (secondary N) is 3. The Kier molecular flexibility index (Phi) is 6.96. The van der Waals surface area contributed by atoms with Crippen molar-refractivity contribution in [3.05, 3.63) is 29.8 Å². The summed E-state index contributed by atoms with van der Waals surface area (Å²) in [6.45, 7) is 10.7. The average Bonchev–Trinajstić information content (AvgIpc) is 3.12. The van der Waals surface area contributed by atoms with Gasteiger partial charge in [0.25, 0.3) is 0 Å². The Morgan fingerprint density at radius 1 is 1.21 bits per heavy atom. The van der Waals surface area contributed by atoms with Crippen LogP contribution >= 0.6 is 0 Å². The summed E-state index contributed by atoms with van der Waals surface area (Å²) in [4.78, 5) is 16.9. The van der Waals surface area contributed by atoms with Gasteiger partial charge >= 0.3 is 6.03 Å². The third kappa shape index (κ3) is 5.93. The topological polar surface area (TPSA) is 59.6 Å². The van der Waals surface area contributed by atoms with Crippen LogP contribution in [0, 0.1) is 5.41 Å². The summed E-state index contributed by atoms with van der Waals surface area (Å²) >= 11 is 0. The first-order valence-corrected chi connectivity index (χ1v) is 10.7. The number of rotatable bonds is 5. The number of amides is 2. The van der Waals surface area contributed by atoms with E-state index in [9.17, 15) is 4.79 Å². The van der Waals surface area contributed by atoms with Crippen LogP contribution in [0.3, 0.4) is 0 Å². The van der Waals surface area contributed by atoms with Crippen LogP contribution in [0.4, 0.5) is 10.5 Å². The Labute approximate surface area is 170 Å². The number of hydrazine groups is 1. The fourth-order valence-electron chi connectivity index (χ4n) is 4.07. The number of likely N-dealkylation sites (N-methyl/N-ethyl adjacent to an activating group) is 1. The van der Waals surface area contributed by atoms with Crippen LogP contribution in [0.5, 0.6) is 0 Å². The van der Waals surface area contributed by atoms with Crippen molar-refractivity contribution in [1.29, 1.82) is 0 Å². The summed E-state index contributed by atoms with van der Waals surface area (Å²) < 4.78 is 0. The summed E-state index contributed by atoms with van der Waals surface area (Å²) in [6.07, 6.45) is 4.95. The minimum atomic E-state index is -0.0591. The number of anilines is 1. The van der Waals surface area contributed by atoms with Crippen LogP contribution in [0.25, 0.3) is 0 Å². The molecule has 0 saturated carbocycles. The Morgan fingerprint density at radius 3 is 2.64 bits per heavy atom. The maximum atomic E-state index is 12.6. The zero-order chi connectivity index (χ0) is 20.1. The van der Waals surface area contributed by atoms with Gasteiger partial charge in [-0.2, -0.15) is 0 Å². The predicted octanol–water partition coefficient (Wildman–Crippen LogP) is 3.42. The zero-order valence-electron chi connectivity index (χ0n) is 17.9. The monoisotopic (exact) mass is 387 g/mol. The van der Waals surface area contributed by atoms with Crippen molar-refractivity contribution in [2.45, 2.75) is 65.1 Å². The molecule has 2 saturated heterocycles. The number of benzene rings is 1. The first kappa shape index (κ1) is 21.1. The molecule has 6 nitrogen and oxygen atoms in total. The van der Waals surface area contributed by atoms with E-state index in [1.807, 2.05) is 19.2 Å². The molecule has 1 aromatic carbocycles. The summed E-state index contributed by atoms with van der Waals surface area (Å²) in [7, 11) is 1.86. The molecule has 2 amide bonds. The van der Waals surface area contributed by atoms with E-state index in [0.717, 1.165) is 18.7 Å². The zero-order valence-corrected chi connectivity index (χ0v) is 17.9. The normalized spacial score (nSPS) is 23.6. The maximum Gasteiger partial charge on any atom is 0.321 e. The van der Waals surface area contributed by atoms with Crippen molar-refractivity contribution in [3.8, 4) is 0 Å². The van der Waals surface area contributed by atoms with Crippen molar-refractivity contribution in [3.63, 3.8) is 0 Å². The Morgan fingerprint density at radius 2 is 1.96 bits per heavy atom. The van der Waals surface area contributed by atoms with E-state index in [-0.39, 0.29) is 17.5 Å². The van der Waals surface area contributed by atoms with Crippen molar-refractivity contribution < 1.29 is 4.79 Å². The molecule has 2 aliphatic rings. The van der Waals surface area contributed by atoms with Crippen LogP contribution in [-0.2, 0) is 6.54 Å². The largest absolute Gasteiger partial charge is 0.326 e. The molecular weight excluding hydrogens is 350 g/mol. The van der Waals surface area contributed by atoms with E-state index in [4.69, 9.17) is 0 Å². The number of urea groups is 1. The van der Waals surface area contributed by atoms with E-state index < -0.39 is 0 Å². The third-order valence-corrected chi connectivity index (χ3v) is 5.90. The molecule has 0 aromatic heterocycles. The smallest absolute Gasteiger partial charge is 0.321 e. The van der Waals surface area contributed by atoms with Gasteiger partial charge in [-0.25, -0.2) is 4.79 Å². The second-order valence-electron chi connectivity index (χ2n) is 9.49. The lowest BCUT2D eigenvalue weighted by Gasteiger charge is -2.27. The third-order valence-electron chi connectivity index (χ3n) is 5.90. The molecule has 3 N–H and O–H groups in total. The van der Waals surface area contributed by atoms with Gasteiger partial charge in [-0.05, 0) is 55.5 Å². The Hall–Kier alpha value is -1.63. The van der Waals surface area contributed by atoms with Crippen LogP contribution in [0.15, 0.2) is 24.3 Å². The van der Waals surface area contributed by atoms with Gasteiger partial charge in [0, 0.05) is 37.9 Å². The molecule has 2 aliphatic heterocycles. The molecule has 2 heterocycles. The number of piperidine rings is 1. The van der Waals surface area contributed by atoms with Gasteiger partial charge in [0.2, 0.25) is 0 Å². The molecule has 2 atom stereocenters. The number of carbonyl (C=O) groups excluding carboxylic acids is 1. The van der Waals surface area contributed by atoms with E-state index in [2.05, 4.69) is 54.0 Å². The SMILES string of the molecule is CN(CC1CC(C(C)(C)C)NN1)C(=O)Nc1cccc(CN2CCCCC2)c1. The second kappa shape index (κ2) is 9.25. The fourth-order valence-corrected chi connectivity index (χ4v) is 4.07. The number of carbonyl (C=O) groups is 1. The second-order valence-corrected chi connectivity index (χ2v) is 9.49. The van der Waals surface area contributed by atoms with Gasteiger partial charge in [-0.3, -0.25) is 15.8 Å². The maximum absolute atomic E-state index is 12.6. The number of hydrogen-bond donors (Lipinski definition) is 3. The molecule has 0 aliphatic carbocycles. The fraction of sp³-hybridized carbons (Fsp3) is 0.682. The molecule has 28 heavy (non-hydrogen) atoms. The highest BCUT2D eigenvalue weighted by Crippen LogP contribution is 2.25. The van der Waals surface area contributed by atoms with E-state index >= 15 is 0 Å². The highest BCUT2D eigenvalue weighted by molar-refractivity contribution is 5.89.